The van der Waals surface area contributed by atoms with Gasteiger partial charge >= 0.3 is 5.97 Å². The largest absolute Gasteiger partial charge is 0.469 e. The summed E-state index contributed by atoms with van der Waals surface area (Å²) in [4.78, 5) is 11.3. The Kier molecular flexibility index (Phi) is 4.40. The number of ether oxygens (including phenoxy) is 1. The fraction of sp³-hybridized carbons (Fsp3) is 0.250. The Morgan fingerprint density at radius 2 is 2.12 bits per heavy atom. The van der Waals surface area contributed by atoms with E-state index in [4.69, 9.17) is 23.1 Å². The molecule has 0 fully saturated rings. The van der Waals surface area contributed by atoms with Gasteiger partial charge in [-0.3, -0.25) is 4.79 Å². The summed E-state index contributed by atoms with van der Waals surface area (Å²) >= 11 is 5.83. The third kappa shape index (κ3) is 3.39. The molecule has 0 amide bonds. The number of hydrogen-bond acceptors (Lipinski definition) is 4. The molecule has 0 aliphatic rings. The predicted molar refractivity (Wildman–Crippen MR) is 69.3 cm³/mol. The van der Waals surface area contributed by atoms with Gasteiger partial charge in [0.1, 0.15) is 0 Å². The Morgan fingerprint density at radius 3 is 2.59 bits per heavy atom. The molecule has 0 spiro atoms. The van der Waals surface area contributed by atoms with Gasteiger partial charge in [-0.05, 0) is 30.2 Å². The van der Waals surface area contributed by atoms with Crippen molar-refractivity contribution in [3.63, 3.8) is 0 Å². The fourth-order valence-corrected chi connectivity index (χ4v) is 1.53. The molecule has 0 heterocycles. The van der Waals surface area contributed by atoms with Crippen molar-refractivity contribution in [2.24, 2.45) is 5.73 Å². The molecule has 17 heavy (non-hydrogen) atoms. The summed E-state index contributed by atoms with van der Waals surface area (Å²) in [5.41, 5.74) is 13.9. The summed E-state index contributed by atoms with van der Waals surface area (Å²) in [5, 5.41) is 0.473. The second kappa shape index (κ2) is 5.59. The third-order valence-electron chi connectivity index (χ3n) is 2.37. The van der Waals surface area contributed by atoms with Crippen LogP contribution in [0, 0.1) is 0 Å². The highest BCUT2D eigenvalue weighted by atomic mass is 35.5. The number of hydrogen-bond donors (Lipinski definition) is 2. The number of rotatable bonds is 3. The molecule has 0 aliphatic heterocycles. The molecule has 0 radical (unpaired) electrons. The third-order valence-corrected chi connectivity index (χ3v) is 2.71. The highest BCUT2D eigenvalue weighted by Gasteiger charge is 2.11. The van der Waals surface area contributed by atoms with Crippen LogP contribution in [0.4, 0.5) is 5.69 Å². The molecular weight excluding hydrogens is 240 g/mol. The zero-order valence-electron chi connectivity index (χ0n) is 9.79. The van der Waals surface area contributed by atoms with E-state index in [2.05, 4.69) is 4.74 Å². The summed E-state index contributed by atoms with van der Waals surface area (Å²) in [6, 6.07) is 5.14. The molecule has 0 aliphatic carbocycles. The number of nitrogens with two attached hydrogens (primary N) is 2. The number of carbonyl (C=O) groups excluding carboxylic acids is 1. The zero-order chi connectivity index (χ0) is 13.0. The molecule has 0 bridgehead atoms. The van der Waals surface area contributed by atoms with Gasteiger partial charge in [0.2, 0.25) is 0 Å². The van der Waals surface area contributed by atoms with Crippen LogP contribution in [-0.2, 0) is 9.53 Å². The number of allylic oxidation sites excluding steroid dienone is 1. The van der Waals surface area contributed by atoms with Crippen molar-refractivity contribution in [1.29, 1.82) is 0 Å². The molecule has 0 unspecified atom stereocenters. The predicted octanol–water partition coefficient (Wildman–Crippen LogP) is 2.17. The van der Waals surface area contributed by atoms with Crippen LogP contribution in [0.3, 0.4) is 0 Å². The van der Waals surface area contributed by atoms with Gasteiger partial charge in [0, 0.05) is 5.70 Å². The highest BCUT2D eigenvalue weighted by molar-refractivity contribution is 6.33. The second-order valence-corrected chi connectivity index (χ2v) is 4.06. The van der Waals surface area contributed by atoms with Crippen LogP contribution in [0.15, 0.2) is 23.9 Å². The van der Waals surface area contributed by atoms with Gasteiger partial charge in [0.05, 0.1) is 24.2 Å². The van der Waals surface area contributed by atoms with Gasteiger partial charge in [-0.15, -0.1) is 0 Å². The summed E-state index contributed by atoms with van der Waals surface area (Å²) in [6.45, 7) is 1.73. The first kappa shape index (κ1) is 13.4. The molecular formula is C12H15ClN2O2. The van der Waals surface area contributed by atoms with Crippen molar-refractivity contribution in [2.45, 2.75) is 13.3 Å². The lowest BCUT2D eigenvalue weighted by Gasteiger charge is -2.10. The van der Waals surface area contributed by atoms with Gasteiger partial charge in [-0.25, -0.2) is 0 Å². The van der Waals surface area contributed by atoms with Crippen LogP contribution in [-0.4, -0.2) is 13.1 Å². The number of anilines is 1. The number of nitrogen functional groups attached to an aromatic ring is 1. The molecule has 1 aromatic carbocycles. The summed E-state index contributed by atoms with van der Waals surface area (Å²) < 4.78 is 4.62. The van der Waals surface area contributed by atoms with E-state index in [0.717, 1.165) is 5.56 Å². The summed E-state index contributed by atoms with van der Waals surface area (Å²) in [5.74, 6) is -0.349. The van der Waals surface area contributed by atoms with Crippen molar-refractivity contribution in [1.82, 2.24) is 0 Å². The summed E-state index contributed by atoms with van der Waals surface area (Å²) in [7, 11) is 1.34. The van der Waals surface area contributed by atoms with E-state index in [1.807, 2.05) is 0 Å². The first-order valence-corrected chi connectivity index (χ1v) is 5.41. The van der Waals surface area contributed by atoms with Gasteiger partial charge in [0.15, 0.2) is 0 Å². The molecule has 0 atom stereocenters. The quantitative estimate of drug-likeness (QED) is 0.640. The van der Waals surface area contributed by atoms with Crippen LogP contribution < -0.4 is 11.5 Å². The minimum Gasteiger partial charge on any atom is -0.469 e. The minimum atomic E-state index is -0.349. The van der Waals surface area contributed by atoms with Gasteiger partial charge in [0.25, 0.3) is 0 Å². The Balaban J connectivity index is 3.12. The lowest BCUT2D eigenvalue weighted by atomic mass is 10.0. The van der Waals surface area contributed by atoms with E-state index in [1.54, 1.807) is 25.1 Å². The molecule has 5 heteroatoms. The van der Waals surface area contributed by atoms with Gasteiger partial charge in [-0.1, -0.05) is 17.7 Å². The van der Waals surface area contributed by atoms with Crippen molar-refractivity contribution in [3.8, 4) is 0 Å². The van der Waals surface area contributed by atoms with E-state index in [1.165, 1.54) is 7.11 Å². The average molecular weight is 255 g/mol. The maximum absolute atomic E-state index is 11.3. The first-order valence-electron chi connectivity index (χ1n) is 5.03. The standard InChI is InChI=1S/C12H15ClN2O2/c1-7(14)9(6-12(16)17-2)8-3-4-10(13)11(15)5-8/h3-5H,6,14-15H2,1-2H3/b9-7+. The zero-order valence-corrected chi connectivity index (χ0v) is 10.5. The monoisotopic (exact) mass is 254 g/mol. The fourth-order valence-electron chi connectivity index (χ4n) is 1.42. The lowest BCUT2D eigenvalue weighted by Crippen LogP contribution is -2.06. The van der Waals surface area contributed by atoms with E-state index in [9.17, 15) is 4.79 Å². The molecule has 1 aromatic rings. The van der Waals surface area contributed by atoms with Crippen LogP contribution in [0.2, 0.25) is 5.02 Å². The molecule has 92 valence electrons. The number of carbonyl (C=O) groups is 1. The van der Waals surface area contributed by atoms with Crippen LogP contribution in [0.25, 0.3) is 5.57 Å². The number of esters is 1. The Labute approximate surface area is 105 Å². The number of benzene rings is 1. The average Bonchev–Trinajstić information content (AvgIpc) is 2.29. The van der Waals surface area contributed by atoms with Crippen LogP contribution in [0.1, 0.15) is 18.9 Å². The maximum atomic E-state index is 11.3. The van der Waals surface area contributed by atoms with E-state index >= 15 is 0 Å². The molecule has 0 saturated carbocycles. The Hall–Kier alpha value is -1.68. The molecule has 0 aromatic heterocycles. The minimum absolute atomic E-state index is 0.111. The SMILES string of the molecule is COC(=O)C/C(=C(/C)N)c1ccc(Cl)c(N)c1. The first-order chi connectivity index (χ1) is 7.95. The highest BCUT2D eigenvalue weighted by Crippen LogP contribution is 2.27. The van der Waals surface area contributed by atoms with E-state index in [-0.39, 0.29) is 12.4 Å². The molecule has 4 N–H and O–H groups in total. The maximum Gasteiger partial charge on any atom is 0.310 e. The summed E-state index contributed by atoms with van der Waals surface area (Å²) in [6.07, 6.45) is 0.111. The molecule has 0 saturated heterocycles. The van der Waals surface area contributed by atoms with Crippen molar-refractivity contribution in [2.75, 3.05) is 12.8 Å². The van der Waals surface area contributed by atoms with E-state index < -0.39 is 0 Å². The smallest absolute Gasteiger partial charge is 0.310 e. The Morgan fingerprint density at radius 1 is 1.47 bits per heavy atom. The van der Waals surface area contributed by atoms with Crippen molar-refractivity contribution < 1.29 is 9.53 Å². The Bertz CT molecular complexity index is 466. The second-order valence-electron chi connectivity index (χ2n) is 3.65. The van der Waals surface area contributed by atoms with Crippen molar-refractivity contribution in [3.05, 3.63) is 34.5 Å². The van der Waals surface area contributed by atoms with Gasteiger partial charge in [-0.2, -0.15) is 0 Å². The number of halogens is 1. The van der Waals surface area contributed by atoms with Crippen molar-refractivity contribution >= 4 is 28.8 Å². The van der Waals surface area contributed by atoms with Gasteiger partial charge < -0.3 is 16.2 Å². The molecule has 1 rings (SSSR count). The van der Waals surface area contributed by atoms with Crippen LogP contribution in [0.5, 0.6) is 0 Å². The van der Waals surface area contributed by atoms with E-state index in [0.29, 0.717) is 22.0 Å². The normalized spacial score (nSPS) is 11.9. The van der Waals surface area contributed by atoms with Crippen LogP contribution >= 0.6 is 11.6 Å². The lowest BCUT2D eigenvalue weighted by molar-refractivity contribution is -0.139. The topological polar surface area (TPSA) is 78.3 Å². The number of methoxy groups -OCH3 is 1. The molecule has 4 nitrogen and oxygen atoms in total.